The normalized spacial score (nSPS) is 21.5. The van der Waals surface area contributed by atoms with Crippen LogP contribution in [0.15, 0.2) is 40.9 Å². The first kappa shape index (κ1) is 15.4. The summed E-state index contributed by atoms with van der Waals surface area (Å²) in [5, 5.41) is 3.41. The molecule has 2 aromatic carbocycles. The van der Waals surface area contributed by atoms with Gasteiger partial charge in [-0.1, -0.05) is 52.1 Å². The molecule has 116 valence electrons. The highest BCUT2D eigenvalue weighted by atomic mass is 79.9. The molecule has 1 fully saturated rings. The Hall–Kier alpha value is -1.15. The summed E-state index contributed by atoms with van der Waals surface area (Å²) in [7, 11) is 1.64. The molecule has 23 heavy (non-hydrogen) atoms. The lowest BCUT2D eigenvalue weighted by molar-refractivity contribution is 0.401. The molecular formula is C16H10BrNO2S3. The number of thioether (sulfide) groups is 1. The third kappa shape index (κ3) is 2.21. The van der Waals surface area contributed by atoms with Crippen molar-refractivity contribution in [2.24, 2.45) is 0 Å². The van der Waals surface area contributed by atoms with Gasteiger partial charge in [-0.2, -0.15) is 0 Å². The Morgan fingerprint density at radius 1 is 1.13 bits per heavy atom. The molecule has 0 bridgehead atoms. The highest BCUT2D eigenvalue weighted by molar-refractivity contribution is 9.10. The number of halogens is 1. The van der Waals surface area contributed by atoms with E-state index in [1.54, 1.807) is 7.11 Å². The summed E-state index contributed by atoms with van der Waals surface area (Å²) in [6.45, 7) is 0. The first-order valence-corrected chi connectivity index (χ1v) is 9.18. The van der Waals surface area contributed by atoms with Crippen molar-refractivity contribution < 1.29 is 9.47 Å². The van der Waals surface area contributed by atoms with Crippen LogP contribution >= 0.6 is 52.1 Å². The van der Waals surface area contributed by atoms with Crippen LogP contribution in [0.2, 0.25) is 0 Å². The minimum atomic E-state index is -0.682. The van der Waals surface area contributed by atoms with E-state index < -0.39 is 5.54 Å². The van der Waals surface area contributed by atoms with Crippen LogP contribution in [0.3, 0.4) is 0 Å². The SMILES string of the molecule is COc1ccc2c(c1)C1(NC(=S)SC1=S)c1cc(Br)ccc1O2. The minimum Gasteiger partial charge on any atom is -0.497 e. The van der Waals surface area contributed by atoms with Crippen molar-refractivity contribution in [2.75, 3.05) is 7.11 Å². The second-order valence-electron chi connectivity index (χ2n) is 5.16. The maximum atomic E-state index is 6.07. The summed E-state index contributed by atoms with van der Waals surface area (Å²) >= 11 is 16.0. The Labute approximate surface area is 156 Å². The molecule has 0 aromatic heterocycles. The summed E-state index contributed by atoms with van der Waals surface area (Å²) < 4.78 is 13.8. The van der Waals surface area contributed by atoms with Crippen LogP contribution in [0.25, 0.3) is 0 Å². The molecule has 2 heterocycles. The summed E-state index contributed by atoms with van der Waals surface area (Å²) in [5.41, 5.74) is 1.18. The van der Waals surface area contributed by atoms with Crippen LogP contribution in [0.1, 0.15) is 11.1 Å². The first-order valence-electron chi connectivity index (χ1n) is 6.75. The van der Waals surface area contributed by atoms with Gasteiger partial charge in [0.2, 0.25) is 0 Å². The molecule has 2 aliphatic heterocycles. The second kappa shape index (κ2) is 5.44. The number of hydrogen-bond donors (Lipinski definition) is 1. The van der Waals surface area contributed by atoms with E-state index in [0.717, 1.165) is 37.0 Å². The lowest BCUT2D eigenvalue weighted by Crippen LogP contribution is -2.45. The number of methoxy groups -OCH3 is 1. The van der Waals surface area contributed by atoms with E-state index in [0.29, 0.717) is 4.32 Å². The quantitative estimate of drug-likeness (QED) is 0.665. The predicted molar refractivity (Wildman–Crippen MR) is 104 cm³/mol. The summed E-state index contributed by atoms with van der Waals surface area (Å²) in [4.78, 5) is 0. The van der Waals surface area contributed by atoms with Gasteiger partial charge in [-0.05, 0) is 36.4 Å². The van der Waals surface area contributed by atoms with Crippen LogP contribution in [0.5, 0.6) is 17.2 Å². The fourth-order valence-corrected chi connectivity index (χ4v) is 5.15. The minimum absolute atomic E-state index is 0.664. The zero-order chi connectivity index (χ0) is 16.2. The lowest BCUT2D eigenvalue weighted by atomic mass is 9.81. The van der Waals surface area contributed by atoms with E-state index in [1.807, 2.05) is 36.4 Å². The zero-order valence-corrected chi connectivity index (χ0v) is 15.9. The molecule has 1 unspecified atom stereocenters. The van der Waals surface area contributed by atoms with Gasteiger partial charge in [-0.15, -0.1) is 0 Å². The van der Waals surface area contributed by atoms with E-state index in [9.17, 15) is 0 Å². The molecule has 1 atom stereocenters. The van der Waals surface area contributed by atoms with E-state index in [-0.39, 0.29) is 0 Å². The molecule has 0 aliphatic carbocycles. The zero-order valence-electron chi connectivity index (χ0n) is 11.9. The smallest absolute Gasteiger partial charge is 0.140 e. The standard InChI is InChI=1S/C16H10BrNO2S3/c1-19-9-3-5-13-11(7-9)16(14(21)23-15(22)18-16)10-6-8(17)2-4-12(10)20-13/h2-7H,1H3,(H,18,22). The Morgan fingerprint density at radius 2 is 1.83 bits per heavy atom. The number of nitrogens with one attached hydrogen (secondary N) is 1. The lowest BCUT2D eigenvalue weighted by Gasteiger charge is -2.37. The Morgan fingerprint density at radius 3 is 2.48 bits per heavy atom. The fraction of sp³-hybridized carbons (Fsp3) is 0.125. The van der Waals surface area contributed by atoms with Crippen molar-refractivity contribution in [3.8, 4) is 17.2 Å². The molecule has 2 aromatic rings. The average Bonchev–Trinajstić information content (AvgIpc) is 2.83. The predicted octanol–water partition coefficient (Wildman–Crippen LogP) is 4.76. The fourth-order valence-electron chi connectivity index (χ4n) is 2.91. The van der Waals surface area contributed by atoms with E-state index in [2.05, 4.69) is 21.2 Å². The van der Waals surface area contributed by atoms with Gasteiger partial charge in [-0.3, -0.25) is 0 Å². The molecule has 4 rings (SSSR count). The number of hydrogen-bond acceptors (Lipinski definition) is 5. The molecule has 0 amide bonds. The molecular weight excluding hydrogens is 414 g/mol. The molecule has 0 saturated carbocycles. The van der Waals surface area contributed by atoms with Crippen molar-refractivity contribution >= 4 is 60.6 Å². The van der Waals surface area contributed by atoms with Gasteiger partial charge in [0, 0.05) is 15.6 Å². The van der Waals surface area contributed by atoms with Crippen molar-refractivity contribution in [1.29, 1.82) is 0 Å². The van der Waals surface area contributed by atoms with Crippen molar-refractivity contribution in [1.82, 2.24) is 5.32 Å². The van der Waals surface area contributed by atoms with Crippen LogP contribution < -0.4 is 14.8 Å². The van der Waals surface area contributed by atoms with E-state index >= 15 is 0 Å². The summed E-state index contributed by atoms with van der Waals surface area (Å²) in [5.74, 6) is 2.27. The van der Waals surface area contributed by atoms with Gasteiger partial charge in [0.15, 0.2) is 0 Å². The number of rotatable bonds is 1. The average molecular weight is 424 g/mol. The summed E-state index contributed by atoms with van der Waals surface area (Å²) in [6.07, 6.45) is 0. The maximum absolute atomic E-state index is 6.07. The van der Waals surface area contributed by atoms with Crippen LogP contribution in [0.4, 0.5) is 0 Å². The molecule has 1 saturated heterocycles. The van der Waals surface area contributed by atoms with Crippen LogP contribution in [0, 0.1) is 0 Å². The molecule has 3 nitrogen and oxygen atoms in total. The Bertz CT molecular complexity index is 870. The van der Waals surface area contributed by atoms with Crippen molar-refractivity contribution in [3.63, 3.8) is 0 Å². The molecule has 7 heteroatoms. The Kier molecular flexibility index (Phi) is 3.64. The number of thiocarbonyl (C=S) groups is 2. The Balaban J connectivity index is 2.05. The van der Waals surface area contributed by atoms with Crippen molar-refractivity contribution in [2.45, 2.75) is 5.54 Å². The molecule has 1 N–H and O–H groups in total. The van der Waals surface area contributed by atoms with Gasteiger partial charge < -0.3 is 14.8 Å². The second-order valence-corrected chi connectivity index (χ2v) is 8.43. The molecule has 1 spiro atoms. The summed E-state index contributed by atoms with van der Waals surface area (Å²) in [6, 6.07) is 11.6. The number of benzene rings is 2. The van der Waals surface area contributed by atoms with Gasteiger partial charge in [0.05, 0.1) is 11.3 Å². The van der Waals surface area contributed by atoms with E-state index in [1.165, 1.54) is 11.8 Å². The van der Waals surface area contributed by atoms with Gasteiger partial charge in [0.1, 0.15) is 27.1 Å². The third-order valence-electron chi connectivity index (χ3n) is 3.94. The van der Waals surface area contributed by atoms with E-state index in [4.69, 9.17) is 33.9 Å². The van der Waals surface area contributed by atoms with Gasteiger partial charge >= 0.3 is 0 Å². The molecule has 0 radical (unpaired) electrons. The number of fused-ring (bicyclic) bond motifs is 4. The topological polar surface area (TPSA) is 30.5 Å². The highest BCUT2D eigenvalue weighted by Gasteiger charge is 2.51. The number of ether oxygens (including phenoxy) is 2. The van der Waals surface area contributed by atoms with Crippen LogP contribution in [-0.2, 0) is 5.54 Å². The first-order chi connectivity index (χ1) is 11.0. The molecule has 2 aliphatic rings. The van der Waals surface area contributed by atoms with Crippen molar-refractivity contribution in [3.05, 3.63) is 52.0 Å². The van der Waals surface area contributed by atoms with Gasteiger partial charge in [-0.25, -0.2) is 0 Å². The maximum Gasteiger partial charge on any atom is 0.140 e. The highest BCUT2D eigenvalue weighted by Crippen LogP contribution is 2.53. The third-order valence-corrected chi connectivity index (χ3v) is 6.12. The van der Waals surface area contributed by atoms with Gasteiger partial charge in [0.25, 0.3) is 0 Å². The largest absolute Gasteiger partial charge is 0.497 e. The monoisotopic (exact) mass is 423 g/mol. The van der Waals surface area contributed by atoms with Crippen LogP contribution in [-0.4, -0.2) is 15.6 Å².